The molecule has 0 radical (unpaired) electrons. The van der Waals surface area contributed by atoms with Crippen LogP contribution in [0.1, 0.15) is 42.6 Å². The molecular weight excluding hydrogens is 333 g/mol. The van der Waals surface area contributed by atoms with E-state index >= 15 is 0 Å². The molecular formula is C14H17Cl2NO3S. The van der Waals surface area contributed by atoms with Crippen molar-refractivity contribution in [2.45, 2.75) is 44.0 Å². The van der Waals surface area contributed by atoms with Crippen LogP contribution in [-0.2, 0) is 9.05 Å². The first-order chi connectivity index (χ1) is 9.52. The van der Waals surface area contributed by atoms with Crippen LogP contribution in [0.3, 0.4) is 0 Å². The first-order valence-electron chi connectivity index (χ1n) is 6.59. The molecule has 0 atom stereocenters. The first-order valence-corrected chi connectivity index (χ1v) is 9.28. The van der Waals surface area contributed by atoms with Crippen LogP contribution in [0.5, 0.6) is 0 Å². The van der Waals surface area contributed by atoms with Crippen molar-refractivity contribution in [3.63, 3.8) is 0 Å². The lowest BCUT2D eigenvalue weighted by molar-refractivity contribution is 0.0902. The molecule has 1 fully saturated rings. The molecule has 1 saturated carbocycles. The Labute approximate surface area is 134 Å². The van der Waals surface area contributed by atoms with Gasteiger partial charge in [-0.05, 0) is 57.2 Å². The number of hydrogen-bond acceptors (Lipinski definition) is 3. The van der Waals surface area contributed by atoms with Crippen LogP contribution >= 0.6 is 22.3 Å². The molecule has 4 nitrogen and oxygen atoms in total. The van der Waals surface area contributed by atoms with Crippen molar-refractivity contribution in [3.05, 3.63) is 28.3 Å². The van der Waals surface area contributed by atoms with Gasteiger partial charge in [0.05, 0.1) is 4.90 Å². The molecule has 0 heterocycles. The Bertz CT molecular complexity index is 694. The zero-order chi connectivity index (χ0) is 16.0. The molecule has 1 aliphatic carbocycles. The number of hydrogen-bond donors (Lipinski definition) is 1. The second-order valence-corrected chi connectivity index (χ2v) is 8.94. The molecule has 0 bridgehead atoms. The maximum absolute atomic E-state index is 12.4. The molecule has 1 aliphatic rings. The van der Waals surface area contributed by atoms with Gasteiger partial charge in [0.1, 0.15) is 0 Å². The van der Waals surface area contributed by atoms with E-state index in [0.29, 0.717) is 11.5 Å². The minimum atomic E-state index is -3.95. The molecule has 0 aromatic heterocycles. The average molecular weight is 350 g/mol. The standard InChI is InChI=1S/C14H17Cl2NO3S/c1-8-11(6-10(15)7-12(8)21(16,19)20)13(18)17-14(2,3)9-4-5-9/h6-7,9H,4-5H2,1-3H3,(H,17,18). The Morgan fingerprint density at radius 2 is 1.90 bits per heavy atom. The zero-order valence-corrected chi connectivity index (χ0v) is 14.4. The fourth-order valence-electron chi connectivity index (χ4n) is 2.41. The fraction of sp³-hybridized carbons (Fsp3) is 0.500. The quantitative estimate of drug-likeness (QED) is 0.846. The second kappa shape index (κ2) is 5.45. The van der Waals surface area contributed by atoms with E-state index in [1.165, 1.54) is 12.1 Å². The van der Waals surface area contributed by atoms with Gasteiger partial charge in [-0.2, -0.15) is 0 Å². The third kappa shape index (κ3) is 3.71. The minimum absolute atomic E-state index is 0.133. The monoisotopic (exact) mass is 349 g/mol. The summed E-state index contributed by atoms with van der Waals surface area (Å²) >= 11 is 5.92. The largest absolute Gasteiger partial charge is 0.347 e. The zero-order valence-electron chi connectivity index (χ0n) is 12.0. The van der Waals surface area contributed by atoms with Crippen molar-refractivity contribution in [1.29, 1.82) is 0 Å². The SMILES string of the molecule is Cc1c(C(=O)NC(C)(C)C2CC2)cc(Cl)cc1S(=O)(=O)Cl. The van der Waals surface area contributed by atoms with Crippen LogP contribution in [0.4, 0.5) is 0 Å². The van der Waals surface area contributed by atoms with Gasteiger partial charge in [-0.15, -0.1) is 0 Å². The Hall–Kier alpha value is -0.780. The summed E-state index contributed by atoms with van der Waals surface area (Å²) in [7, 11) is 1.44. The van der Waals surface area contributed by atoms with Gasteiger partial charge in [0.2, 0.25) is 0 Å². The summed E-state index contributed by atoms with van der Waals surface area (Å²) in [4.78, 5) is 12.3. The lowest BCUT2D eigenvalue weighted by Gasteiger charge is -2.26. The normalized spacial score (nSPS) is 15.9. The number of amides is 1. The maximum Gasteiger partial charge on any atom is 0.261 e. The molecule has 1 amide bonds. The predicted molar refractivity (Wildman–Crippen MR) is 83.5 cm³/mol. The van der Waals surface area contributed by atoms with Gasteiger partial charge in [-0.1, -0.05) is 11.6 Å². The van der Waals surface area contributed by atoms with Gasteiger partial charge in [-0.3, -0.25) is 4.79 Å². The molecule has 21 heavy (non-hydrogen) atoms. The smallest absolute Gasteiger partial charge is 0.261 e. The minimum Gasteiger partial charge on any atom is -0.347 e. The lowest BCUT2D eigenvalue weighted by Crippen LogP contribution is -2.45. The van der Waals surface area contributed by atoms with E-state index in [2.05, 4.69) is 5.32 Å². The average Bonchev–Trinajstić information content (AvgIpc) is 3.13. The molecule has 0 unspecified atom stereocenters. The summed E-state index contributed by atoms with van der Waals surface area (Å²) in [5.74, 6) is 0.116. The molecule has 1 N–H and O–H groups in total. The lowest BCUT2D eigenvalue weighted by atomic mass is 9.97. The number of nitrogens with one attached hydrogen (secondary N) is 1. The second-order valence-electron chi connectivity index (χ2n) is 5.96. The number of carbonyl (C=O) groups is 1. The fourth-order valence-corrected chi connectivity index (χ4v) is 3.92. The van der Waals surface area contributed by atoms with Crippen LogP contribution in [0, 0.1) is 12.8 Å². The van der Waals surface area contributed by atoms with Crippen molar-refractivity contribution in [3.8, 4) is 0 Å². The number of carbonyl (C=O) groups excluding carboxylic acids is 1. The first kappa shape index (κ1) is 16.6. The van der Waals surface area contributed by atoms with E-state index in [1.807, 2.05) is 13.8 Å². The third-order valence-electron chi connectivity index (χ3n) is 3.87. The van der Waals surface area contributed by atoms with Crippen molar-refractivity contribution in [1.82, 2.24) is 5.32 Å². The molecule has 2 rings (SSSR count). The summed E-state index contributed by atoms with van der Waals surface area (Å²) in [5.41, 5.74) is 0.209. The van der Waals surface area contributed by atoms with E-state index in [9.17, 15) is 13.2 Å². The van der Waals surface area contributed by atoms with Crippen molar-refractivity contribution in [2.75, 3.05) is 0 Å². The van der Waals surface area contributed by atoms with E-state index in [4.69, 9.17) is 22.3 Å². The Kier molecular flexibility index (Phi) is 4.30. The van der Waals surface area contributed by atoms with Gasteiger partial charge in [0, 0.05) is 26.8 Å². The third-order valence-corrected chi connectivity index (χ3v) is 5.53. The molecule has 116 valence electrons. The topological polar surface area (TPSA) is 63.2 Å². The summed E-state index contributed by atoms with van der Waals surface area (Å²) in [6.45, 7) is 5.47. The number of halogens is 2. The number of rotatable bonds is 4. The predicted octanol–water partition coefficient (Wildman–Crippen LogP) is 3.49. The van der Waals surface area contributed by atoms with Crippen LogP contribution in [0.25, 0.3) is 0 Å². The summed E-state index contributed by atoms with van der Waals surface area (Å²) in [6.07, 6.45) is 2.17. The van der Waals surface area contributed by atoms with Gasteiger partial charge in [-0.25, -0.2) is 8.42 Å². The number of benzene rings is 1. The van der Waals surface area contributed by atoms with Gasteiger partial charge in [0.25, 0.3) is 15.0 Å². The van der Waals surface area contributed by atoms with E-state index in [-0.39, 0.29) is 26.9 Å². The van der Waals surface area contributed by atoms with E-state index in [1.54, 1.807) is 6.92 Å². The summed E-state index contributed by atoms with van der Waals surface area (Å²) < 4.78 is 23.1. The van der Waals surface area contributed by atoms with Gasteiger partial charge in [0.15, 0.2) is 0 Å². The highest BCUT2D eigenvalue weighted by atomic mass is 35.7. The van der Waals surface area contributed by atoms with Crippen LogP contribution < -0.4 is 5.32 Å². The van der Waals surface area contributed by atoms with E-state index in [0.717, 1.165) is 12.8 Å². The highest BCUT2D eigenvalue weighted by Crippen LogP contribution is 2.39. The van der Waals surface area contributed by atoms with Crippen molar-refractivity contribution in [2.24, 2.45) is 5.92 Å². The van der Waals surface area contributed by atoms with Crippen LogP contribution in [-0.4, -0.2) is 19.9 Å². The maximum atomic E-state index is 12.4. The molecule has 0 spiro atoms. The van der Waals surface area contributed by atoms with Crippen LogP contribution in [0.2, 0.25) is 5.02 Å². The van der Waals surface area contributed by atoms with Crippen molar-refractivity contribution < 1.29 is 13.2 Å². The molecule has 0 saturated heterocycles. The molecule has 1 aromatic carbocycles. The molecule has 1 aromatic rings. The van der Waals surface area contributed by atoms with Gasteiger partial charge < -0.3 is 5.32 Å². The van der Waals surface area contributed by atoms with Crippen LogP contribution in [0.15, 0.2) is 17.0 Å². The highest BCUT2D eigenvalue weighted by molar-refractivity contribution is 8.13. The Morgan fingerprint density at radius 3 is 2.38 bits per heavy atom. The molecule has 7 heteroatoms. The Balaban J connectivity index is 2.39. The van der Waals surface area contributed by atoms with E-state index < -0.39 is 9.05 Å². The van der Waals surface area contributed by atoms with Crippen molar-refractivity contribution >= 4 is 37.2 Å². The molecule has 0 aliphatic heterocycles. The van der Waals surface area contributed by atoms with Gasteiger partial charge >= 0.3 is 0 Å². The summed E-state index contributed by atoms with van der Waals surface area (Å²) in [5, 5.41) is 3.11. The highest BCUT2D eigenvalue weighted by Gasteiger charge is 2.39. The Morgan fingerprint density at radius 1 is 1.33 bits per heavy atom. The summed E-state index contributed by atoms with van der Waals surface area (Å²) in [6, 6.07) is 2.71.